The quantitative estimate of drug-likeness (QED) is 0.562. The third-order valence-corrected chi connectivity index (χ3v) is 7.94. The normalized spacial score (nSPS) is 23.0. The Labute approximate surface area is 215 Å². The number of hydrazone groups is 1. The summed E-state index contributed by atoms with van der Waals surface area (Å²) in [5.74, 6) is 0.581. The molecular weight excluding hydrogens is 474 g/mol. The molecule has 9 heteroatoms. The van der Waals surface area contributed by atoms with Gasteiger partial charge in [0, 0.05) is 18.7 Å². The summed E-state index contributed by atoms with van der Waals surface area (Å²) in [5.41, 5.74) is 8.20. The summed E-state index contributed by atoms with van der Waals surface area (Å²) in [6.07, 6.45) is 2.87. The highest BCUT2D eigenvalue weighted by Gasteiger charge is 2.32. The van der Waals surface area contributed by atoms with Crippen LogP contribution in [0.15, 0.2) is 41.5 Å². The molecule has 1 fully saturated rings. The van der Waals surface area contributed by atoms with Crippen LogP contribution in [0.5, 0.6) is 5.75 Å². The number of thioether (sulfide) groups is 1. The topological polar surface area (TPSA) is 110 Å². The number of benzene rings is 2. The Kier molecular flexibility index (Phi) is 7.08. The number of fused-ring (bicyclic) bond motifs is 1. The molecule has 0 bridgehead atoms. The summed E-state index contributed by atoms with van der Waals surface area (Å²) in [4.78, 5) is 14.5. The largest absolute Gasteiger partial charge is 0.490 e. The average molecular weight is 506 g/mol. The van der Waals surface area contributed by atoms with Gasteiger partial charge in [0.2, 0.25) is 0 Å². The molecule has 1 unspecified atom stereocenters. The van der Waals surface area contributed by atoms with Crippen molar-refractivity contribution in [1.82, 2.24) is 15.6 Å². The van der Waals surface area contributed by atoms with Crippen molar-refractivity contribution in [2.24, 2.45) is 5.10 Å². The van der Waals surface area contributed by atoms with E-state index in [1.165, 1.54) is 11.1 Å². The van der Waals surface area contributed by atoms with E-state index in [1.807, 2.05) is 38.1 Å². The van der Waals surface area contributed by atoms with Crippen molar-refractivity contribution in [3.8, 4) is 11.8 Å². The van der Waals surface area contributed by atoms with Gasteiger partial charge in [0.25, 0.3) is 0 Å². The van der Waals surface area contributed by atoms with Gasteiger partial charge in [0.1, 0.15) is 22.2 Å². The number of rotatable bonds is 5. The van der Waals surface area contributed by atoms with Crippen LogP contribution in [0.25, 0.3) is 0 Å². The minimum Gasteiger partial charge on any atom is -0.490 e. The van der Waals surface area contributed by atoms with Crippen LogP contribution in [0.4, 0.5) is 4.79 Å². The highest BCUT2D eigenvalue weighted by molar-refractivity contribution is 8.14. The number of likely N-dealkylation sites (tertiary alicyclic amines) is 1. The number of piperidine rings is 1. The molecule has 3 aliphatic rings. The van der Waals surface area contributed by atoms with Crippen LogP contribution in [0, 0.1) is 11.3 Å². The zero-order valence-electron chi connectivity index (χ0n) is 20.5. The predicted molar refractivity (Wildman–Crippen MR) is 140 cm³/mol. The van der Waals surface area contributed by atoms with Crippen LogP contribution < -0.4 is 15.5 Å². The Morgan fingerprint density at radius 1 is 1.31 bits per heavy atom. The van der Waals surface area contributed by atoms with Crippen molar-refractivity contribution in [3.05, 3.63) is 64.2 Å². The maximum atomic E-state index is 12.8. The van der Waals surface area contributed by atoms with E-state index < -0.39 is 6.10 Å². The zero-order valence-corrected chi connectivity index (χ0v) is 21.3. The molecule has 1 aliphatic carbocycles. The van der Waals surface area contributed by atoms with E-state index in [4.69, 9.17) is 4.74 Å². The number of hydrogen-bond acceptors (Lipinski definition) is 7. The smallest absolute Gasteiger partial charge is 0.317 e. The van der Waals surface area contributed by atoms with E-state index in [2.05, 4.69) is 34.0 Å². The number of carbonyl (C=O) groups excluding carboxylic acids is 1. The second-order valence-corrected chi connectivity index (χ2v) is 10.8. The van der Waals surface area contributed by atoms with Gasteiger partial charge in [-0.25, -0.2) is 4.79 Å². The maximum absolute atomic E-state index is 12.8. The van der Waals surface area contributed by atoms with Gasteiger partial charge in [0.05, 0.1) is 23.8 Å². The molecule has 8 nitrogen and oxygen atoms in total. The Morgan fingerprint density at radius 3 is 2.92 bits per heavy atom. The van der Waals surface area contributed by atoms with E-state index in [1.54, 1.807) is 16.7 Å². The first kappa shape index (κ1) is 24.5. The molecule has 0 radical (unpaired) electrons. The fourth-order valence-corrected chi connectivity index (χ4v) is 6.16. The lowest BCUT2D eigenvalue weighted by Crippen LogP contribution is -2.47. The molecule has 5 rings (SSSR count). The maximum Gasteiger partial charge on any atom is 0.317 e. The lowest BCUT2D eigenvalue weighted by molar-refractivity contribution is 0.0833. The molecule has 2 aromatic carbocycles. The summed E-state index contributed by atoms with van der Waals surface area (Å²) in [7, 11) is 0. The number of nitrogens with zero attached hydrogens (tertiary/aromatic N) is 3. The van der Waals surface area contributed by atoms with Crippen LogP contribution in [0.2, 0.25) is 0 Å². The van der Waals surface area contributed by atoms with E-state index in [9.17, 15) is 15.2 Å². The van der Waals surface area contributed by atoms with Crippen LogP contribution >= 0.6 is 11.8 Å². The van der Waals surface area contributed by atoms with Crippen molar-refractivity contribution in [1.29, 1.82) is 5.26 Å². The van der Waals surface area contributed by atoms with Crippen LogP contribution in [-0.4, -0.2) is 46.4 Å². The molecule has 2 aromatic rings. The number of β-amino-alcohol motifs (C(OH)–C–C–N with tert-alkyl or cyclic N) is 1. The van der Waals surface area contributed by atoms with Crippen molar-refractivity contribution in [2.45, 2.75) is 63.2 Å². The van der Waals surface area contributed by atoms with Crippen LogP contribution in [0.3, 0.4) is 0 Å². The molecular formula is C27H31N5O3S. The van der Waals surface area contributed by atoms with Crippen LogP contribution in [0.1, 0.15) is 72.3 Å². The number of urea groups is 1. The fraction of sp³-hybridized carbons (Fsp3) is 0.444. The van der Waals surface area contributed by atoms with Crippen molar-refractivity contribution in [2.75, 3.05) is 13.1 Å². The number of carbonyl (C=O) groups is 1. The minimum atomic E-state index is -0.435. The number of nitrogens with one attached hydrogen (secondary N) is 2. The molecule has 0 aromatic heterocycles. The lowest BCUT2D eigenvalue weighted by Gasteiger charge is -2.31. The van der Waals surface area contributed by atoms with Gasteiger partial charge in [0.15, 0.2) is 0 Å². The lowest BCUT2D eigenvalue weighted by atomic mass is 10.0. The highest BCUT2D eigenvalue weighted by Crippen LogP contribution is 2.42. The fourth-order valence-electron chi connectivity index (χ4n) is 5.11. The first-order valence-electron chi connectivity index (χ1n) is 12.5. The number of nitriles is 1. The standard InChI is InChI=1S/C27H31N5O3S/c1-16(2)35-24-11-8-17(13-18(24)14-28)25-30-31-26(36-25)22-7-3-6-21-20(22)9-10-23(21)29-27(34)32-12-4-5-19(33)15-32/h3,6-8,11,13,16,19,23,26,31,33H,4-5,9-10,12,15H2,1-2H3,(H,29,34)/t19-,23+,26?/m0/s1. The Bertz CT molecular complexity index is 1220. The first-order valence-corrected chi connectivity index (χ1v) is 13.4. The van der Waals surface area contributed by atoms with Crippen LogP contribution in [-0.2, 0) is 6.42 Å². The number of aliphatic hydroxyl groups excluding tert-OH is 1. The number of hydrogen-bond donors (Lipinski definition) is 3. The second kappa shape index (κ2) is 10.4. The molecule has 36 heavy (non-hydrogen) atoms. The van der Waals surface area contributed by atoms with Gasteiger partial charge < -0.3 is 20.1 Å². The van der Waals surface area contributed by atoms with Gasteiger partial charge in [-0.1, -0.05) is 30.0 Å². The molecule has 2 heterocycles. The minimum absolute atomic E-state index is 0.00701. The average Bonchev–Trinajstić information content (AvgIpc) is 3.52. The summed E-state index contributed by atoms with van der Waals surface area (Å²) in [6, 6.07) is 13.9. The number of ether oxygens (including phenoxy) is 1. The Hall–Kier alpha value is -3.22. The van der Waals surface area contributed by atoms with E-state index in [-0.39, 0.29) is 23.6 Å². The Balaban J connectivity index is 1.28. The number of aliphatic hydroxyl groups is 1. The van der Waals surface area contributed by atoms with Gasteiger partial charge >= 0.3 is 6.03 Å². The van der Waals surface area contributed by atoms with Gasteiger partial charge in [-0.2, -0.15) is 10.4 Å². The summed E-state index contributed by atoms with van der Waals surface area (Å²) < 4.78 is 5.75. The molecule has 0 saturated carbocycles. The van der Waals surface area contributed by atoms with Gasteiger partial charge in [-0.05, 0) is 74.4 Å². The van der Waals surface area contributed by atoms with Crippen molar-refractivity contribution < 1.29 is 14.6 Å². The third-order valence-electron chi connectivity index (χ3n) is 6.79. The predicted octanol–water partition coefficient (Wildman–Crippen LogP) is 4.20. The summed E-state index contributed by atoms with van der Waals surface area (Å²) in [6.45, 7) is 4.95. The van der Waals surface area contributed by atoms with E-state index in [0.717, 1.165) is 41.9 Å². The van der Waals surface area contributed by atoms with E-state index in [0.29, 0.717) is 24.4 Å². The highest BCUT2D eigenvalue weighted by atomic mass is 32.2. The third kappa shape index (κ3) is 5.01. The molecule has 3 N–H and O–H groups in total. The second-order valence-electron chi connectivity index (χ2n) is 9.73. The van der Waals surface area contributed by atoms with E-state index >= 15 is 0 Å². The molecule has 2 amide bonds. The van der Waals surface area contributed by atoms with Gasteiger partial charge in [-0.3, -0.25) is 5.43 Å². The summed E-state index contributed by atoms with van der Waals surface area (Å²) >= 11 is 1.63. The van der Waals surface area contributed by atoms with Crippen molar-refractivity contribution in [3.63, 3.8) is 0 Å². The zero-order chi connectivity index (χ0) is 25.2. The Morgan fingerprint density at radius 2 is 2.14 bits per heavy atom. The molecule has 1 saturated heterocycles. The van der Waals surface area contributed by atoms with Gasteiger partial charge in [-0.15, -0.1) is 0 Å². The molecule has 2 aliphatic heterocycles. The van der Waals surface area contributed by atoms with Crippen molar-refractivity contribution >= 4 is 22.8 Å². The molecule has 0 spiro atoms. The molecule has 3 atom stereocenters. The first-order chi connectivity index (χ1) is 17.4. The SMILES string of the molecule is CC(C)Oc1ccc(C2=NNC(c3cccc4c3CC[C@H]4NC(=O)N3CCC[C@H](O)C3)S2)cc1C#N. The summed E-state index contributed by atoms with van der Waals surface area (Å²) in [5, 5.41) is 28.0. The number of amides is 2. The molecule has 188 valence electrons. The monoisotopic (exact) mass is 505 g/mol.